The Hall–Kier alpha value is -0.890. The summed E-state index contributed by atoms with van der Waals surface area (Å²) in [6.45, 7) is 3.99. The molecule has 0 aliphatic rings. The van der Waals surface area contributed by atoms with E-state index < -0.39 is 6.10 Å². The minimum atomic E-state index is -0.394. The zero-order valence-corrected chi connectivity index (χ0v) is 7.62. The van der Waals surface area contributed by atoms with Gasteiger partial charge in [0.2, 0.25) is 0 Å². The minimum Gasteiger partial charge on any atom is -0.387 e. The highest BCUT2D eigenvalue weighted by atomic mass is 16.3. The molecule has 0 aliphatic heterocycles. The first-order chi connectivity index (χ1) is 5.74. The molecular weight excluding hydrogens is 150 g/mol. The van der Waals surface area contributed by atoms with Gasteiger partial charge in [0, 0.05) is 5.69 Å². The van der Waals surface area contributed by atoms with Crippen molar-refractivity contribution in [3.63, 3.8) is 0 Å². The summed E-state index contributed by atoms with van der Waals surface area (Å²) in [6.07, 6.45) is 1.38. The smallest absolute Gasteiger partial charge is 0.0959 e. The lowest BCUT2D eigenvalue weighted by molar-refractivity contribution is 0.161. The predicted octanol–water partition coefficient (Wildman–Crippen LogP) is 2.22. The molecule has 1 aromatic heterocycles. The highest BCUT2D eigenvalue weighted by Gasteiger charge is 2.06. The van der Waals surface area contributed by atoms with Gasteiger partial charge in [-0.2, -0.15) is 0 Å². The molecule has 1 aromatic rings. The zero-order chi connectivity index (χ0) is 8.97. The molecule has 0 aliphatic carbocycles. The summed E-state index contributed by atoms with van der Waals surface area (Å²) in [7, 11) is 0. The van der Waals surface area contributed by atoms with Crippen LogP contribution in [0, 0.1) is 6.92 Å². The summed E-state index contributed by atoms with van der Waals surface area (Å²) in [5, 5.41) is 9.58. The fourth-order valence-electron chi connectivity index (χ4n) is 1.17. The van der Waals surface area contributed by atoms with E-state index in [2.05, 4.69) is 11.9 Å². The van der Waals surface area contributed by atoms with Crippen molar-refractivity contribution in [1.29, 1.82) is 0 Å². The van der Waals surface area contributed by atoms with E-state index in [0.29, 0.717) is 0 Å². The second kappa shape index (κ2) is 4.21. The van der Waals surface area contributed by atoms with Crippen LogP contribution in [0.4, 0.5) is 0 Å². The van der Waals surface area contributed by atoms with E-state index in [-0.39, 0.29) is 0 Å². The molecule has 2 heteroatoms. The molecule has 2 nitrogen and oxygen atoms in total. The molecular formula is C10H15NO. The normalized spacial score (nSPS) is 12.9. The van der Waals surface area contributed by atoms with Crippen LogP contribution in [0.25, 0.3) is 0 Å². The van der Waals surface area contributed by atoms with Crippen LogP contribution in [0.2, 0.25) is 0 Å². The Morgan fingerprint density at radius 3 is 2.83 bits per heavy atom. The SMILES string of the molecule is CCC[C@@H](O)c1cccc(C)n1. The lowest BCUT2D eigenvalue weighted by atomic mass is 10.1. The highest BCUT2D eigenvalue weighted by molar-refractivity contribution is 5.11. The molecule has 0 radical (unpaired) electrons. The van der Waals surface area contributed by atoms with Crippen LogP contribution in [0.5, 0.6) is 0 Å². The van der Waals surface area contributed by atoms with Crippen molar-refractivity contribution in [2.24, 2.45) is 0 Å². The van der Waals surface area contributed by atoms with Gasteiger partial charge >= 0.3 is 0 Å². The Kier molecular flexibility index (Phi) is 3.23. The van der Waals surface area contributed by atoms with Crippen LogP contribution in [0.15, 0.2) is 18.2 Å². The molecule has 0 bridgehead atoms. The van der Waals surface area contributed by atoms with E-state index in [0.717, 1.165) is 24.2 Å². The number of aliphatic hydroxyl groups is 1. The Bertz CT molecular complexity index is 247. The standard InChI is InChI=1S/C10H15NO/c1-3-5-10(12)9-7-4-6-8(2)11-9/h4,6-7,10,12H,3,5H2,1-2H3/t10-/m1/s1. The lowest BCUT2D eigenvalue weighted by Gasteiger charge is -2.08. The van der Waals surface area contributed by atoms with Crippen LogP contribution >= 0.6 is 0 Å². The first-order valence-electron chi connectivity index (χ1n) is 4.35. The zero-order valence-electron chi connectivity index (χ0n) is 7.62. The average molecular weight is 165 g/mol. The van der Waals surface area contributed by atoms with Crippen LogP contribution in [-0.4, -0.2) is 10.1 Å². The Balaban J connectivity index is 2.73. The first kappa shape index (κ1) is 9.20. The highest BCUT2D eigenvalue weighted by Crippen LogP contribution is 2.15. The Labute approximate surface area is 73.3 Å². The molecule has 0 amide bonds. The van der Waals surface area contributed by atoms with E-state index in [9.17, 15) is 5.11 Å². The number of hydrogen-bond donors (Lipinski definition) is 1. The summed E-state index contributed by atoms with van der Waals surface area (Å²) in [4.78, 5) is 4.24. The number of nitrogens with zero attached hydrogens (tertiary/aromatic N) is 1. The van der Waals surface area contributed by atoms with E-state index in [1.807, 2.05) is 25.1 Å². The molecule has 0 fully saturated rings. The van der Waals surface area contributed by atoms with Gasteiger partial charge in [0.05, 0.1) is 11.8 Å². The monoisotopic (exact) mass is 165 g/mol. The van der Waals surface area contributed by atoms with Gasteiger partial charge in [-0.15, -0.1) is 0 Å². The van der Waals surface area contributed by atoms with Crippen LogP contribution in [0.3, 0.4) is 0 Å². The minimum absolute atomic E-state index is 0.394. The molecule has 1 N–H and O–H groups in total. The third-order valence-corrected chi connectivity index (χ3v) is 1.81. The number of rotatable bonds is 3. The molecule has 66 valence electrons. The first-order valence-corrected chi connectivity index (χ1v) is 4.35. The molecule has 0 unspecified atom stereocenters. The molecule has 12 heavy (non-hydrogen) atoms. The summed E-state index contributed by atoms with van der Waals surface area (Å²) in [5.74, 6) is 0. The third-order valence-electron chi connectivity index (χ3n) is 1.81. The second-order valence-corrected chi connectivity index (χ2v) is 3.01. The molecule has 0 saturated carbocycles. The summed E-state index contributed by atoms with van der Waals surface area (Å²) in [6, 6.07) is 5.73. The maximum atomic E-state index is 9.58. The number of aliphatic hydroxyl groups excluding tert-OH is 1. The van der Waals surface area contributed by atoms with Crippen LogP contribution < -0.4 is 0 Å². The largest absolute Gasteiger partial charge is 0.387 e. The predicted molar refractivity (Wildman–Crippen MR) is 48.8 cm³/mol. The van der Waals surface area contributed by atoms with Gasteiger partial charge in [-0.1, -0.05) is 19.4 Å². The van der Waals surface area contributed by atoms with Crippen molar-refractivity contribution in [1.82, 2.24) is 4.98 Å². The molecule has 0 spiro atoms. The Morgan fingerprint density at radius 2 is 2.25 bits per heavy atom. The van der Waals surface area contributed by atoms with Gasteiger partial charge in [0.1, 0.15) is 0 Å². The van der Waals surface area contributed by atoms with E-state index in [1.165, 1.54) is 0 Å². The maximum Gasteiger partial charge on any atom is 0.0959 e. The van der Waals surface area contributed by atoms with Crippen molar-refractivity contribution >= 4 is 0 Å². The molecule has 1 heterocycles. The van der Waals surface area contributed by atoms with Gasteiger partial charge in [-0.05, 0) is 25.5 Å². The average Bonchev–Trinajstić information content (AvgIpc) is 2.05. The van der Waals surface area contributed by atoms with Crippen LogP contribution in [-0.2, 0) is 0 Å². The molecule has 1 atom stereocenters. The number of aromatic nitrogens is 1. The maximum absolute atomic E-state index is 9.58. The number of aryl methyl sites for hydroxylation is 1. The van der Waals surface area contributed by atoms with E-state index in [1.54, 1.807) is 0 Å². The number of pyridine rings is 1. The van der Waals surface area contributed by atoms with Crippen molar-refractivity contribution in [2.75, 3.05) is 0 Å². The molecule has 0 aromatic carbocycles. The van der Waals surface area contributed by atoms with E-state index >= 15 is 0 Å². The van der Waals surface area contributed by atoms with Gasteiger partial charge in [0.25, 0.3) is 0 Å². The molecule has 0 saturated heterocycles. The quantitative estimate of drug-likeness (QED) is 0.745. The van der Waals surface area contributed by atoms with Gasteiger partial charge in [-0.25, -0.2) is 0 Å². The lowest BCUT2D eigenvalue weighted by Crippen LogP contribution is -2.00. The third kappa shape index (κ3) is 2.31. The summed E-state index contributed by atoms with van der Waals surface area (Å²) in [5.41, 5.74) is 1.75. The molecule has 1 rings (SSSR count). The van der Waals surface area contributed by atoms with Crippen molar-refractivity contribution < 1.29 is 5.11 Å². The topological polar surface area (TPSA) is 33.1 Å². The summed E-state index contributed by atoms with van der Waals surface area (Å²) >= 11 is 0. The van der Waals surface area contributed by atoms with Crippen LogP contribution in [0.1, 0.15) is 37.3 Å². The fourth-order valence-corrected chi connectivity index (χ4v) is 1.17. The second-order valence-electron chi connectivity index (χ2n) is 3.01. The van der Waals surface area contributed by atoms with Gasteiger partial charge in [-0.3, -0.25) is 4.98 Å². The Morgan fingerprint density at radius 1 is 1.50 bits per heavy atom. The van der Waals surface area contributed by atoms with Crippen molar-refractivity contribution in [2.45, 2.75) is 32.8 Å². The summed E-state index contributed by atoms with van der Waals surface area (Å²) < 4.78 is 0. The fraction of sp³-hybridized carbons (Fsp3) is 0.500. The van der Waals surface area contributed by atoms with Gasteiger partial charge in [0.15, 0.2) is 0 Å². The van der Waals surface area contributed by atoms with E-state index in [4.69, 9.17) is 0 Å². The number of hydrogen-bond acceptors (Lipinski definition) is 2. The van der Waals surface area contributed by atoms with Crippen molar-refractivity contribution in [3.05, 3.63) is 29.6 Å². The van der Waals surface area contributed by atoms with Crippen molar-refractivity contribution in [3.8, 4) is 0 Å². The van der Waals surface area contributed by atoms with Gasteiger partial charge < -0.3 is 5.11 Å².